The summed E-state index contributed by atoms with van der Waals surface area (Å²) in [5.74, 6) is -0.455. The van der Waals surface area contributed by atoms with Gasteiger partial charge in [-0.05, 0) is 31.2 Å². The van der Waals surface area contributed by atoms with Crippen LogP contribution in [0, 0.1) is 0 Å². The van der Waals surface area contributed by atoms with Crippen LogP contribution in [-0.2, 0) is 4.79 Å². The lowest BCUT2D eigenvalue weighted by atomic mass is 10.2. The fraction of sp³-hybridized carbons (Fsp3) is 0.0625. The second-order valence-corrected chi connectivity index (χ2v) is 4.89. The average Bonchev–Trinajstić information content (AvgIpc) is 2.92. The zero-order valence-electron chi connectivity index (χ0n) is 11.9. The Hall–Kier alpha value is -3.15. The Morgan fingerprint density at radius 3 is 2.36 bits per heavy atom. The third-order valence-corrected chi connectivity index (χ3v) is 3.15. The molecule has 6 heteroatoms. The molecule has 0 unspecified atom stereocenters. The summed E-state index contributed by atoms with van der Waals surface area (Å²) in [4.78, 5) is 13.0. The van der Waals surface area contributed by atoms with E-state index in [9.17, 15) is 9.90 Å². The lowest BCUT2D eigenvalue weighted by Crippen LogP contribution is -2.12. The maximum absolute atomic E-state index is 11.7. The molecule has 0 bridgehead atoms. The smallest absolute Gasteiger partial charge is 0.250 e. The molecule has 1 amide bonds. The van der Waals surface area contributed by atoms with Crippen LogP contribution in [0.4, 0.5) is 5.69 Å². The molecule has 0 atom stereocenters. The van der Waals surface area contributed by atoms with Crippen molar-refractivity contribution in [2.24, 2.45) is 0 Å². The number of amides is 1. The number of aromatic hydroxyl groups is 1. The molecule has 6 nitrogen and oxygen atoms in total. The van der Waals surface area contributed by atoms with E-state index in [0.717, 1.165) is 11.0 Å². The van der Waals surface area contributed by atoms with E-state index < -0.39 is 0 Å². The van der Waals surface area contributed by atoms with Gasteiger partial charge >= 0.3 is 0 Å². The maximum Gasteiger partial charge on any atom is 0.250 e. The first kappa shape index (κ1) is 13.8. The molecule has 22 heavy (non-hydrogen) atoms. The number of rotatable bonds is 3. The van der Waals surface area contributed by atoms with Crippen LogP contribution >= 0.6 is 0 Å². The average molecular weight is 294 g/mol. The van der Waals surface area contributed by atoms with Crippen LogP contribution in [0.3, 0.4) is 0 Å². The van der Waals surface area contributed by atoms with Crippen molar-refractivity contribution in [1.29, 1.82) is 0 Å². The first-order chi connectivity index (χ1) is 10.6. The van der Waals surface area contributed by atoms with Gasteiger partial charge in [0.15, 0.2) is 5.75 Å². The molecule has 1 aromatic heterocycles. The second-order valence-electron chi connectivity index (χ2n) is 4.89. The molecule has 0 aliphatic rings. The Labute approximate surface area is 126 Å². The summed E-state index contributed by atoms with van der Waals surface area (Å²) in [5.41, 5.74) is 2.46. The lowest BCUT2D eigenvalue weighted by Gasteiger charge is -2.10. The van der Waals surface area contributed by atoms with Gasteiger partial charge in [-0.2, -0.15) is 0 Å². The van der Waals surface area contributed by atoms with Gasteiger partial charge in [-0.15, -0.1) is 15.0 Å². The number of phenols is 1. The van der Waals surface area contributed by atoms with Crippen molar-refractivity contribution in [1.82, 2.24) is 15.0 Å². The summed E-state index contributed by atoms with van der Waals surface area (Å²) in [5, 5.41) is 21.6. The number of aromatic nitrogens is 3. The van der Waals surface area contributed by atoms with Crippen LogP contribution in [0.25, 0.3) is 16.7 Å². The van der Waals surface area contributed by atoms with Gasteiger partial charge in [0.05, 0.1) is 5.69 Å². The zero-order valence-corrected chi connectivity index (χ0v) is 11.9. The molecule has 1 heterocycles. The molecule has 0 saturated carbocycles. The summed E-state index contributed by atoms with van der Waals surface area (Å²) < 4.78 is 0. The van der Waals surface area contributed by atoms with Crippen molar-refractivity contribution in [3.8, 4) is 11.4 Å². The normalized spacial score (nSPS) is 10.6. The number of nitrogens with zero attached hydrogens (tertiary/aromatic N) is 3. The van der Waals surface area contributed by atoms with Gasteiger partial charge in [0.25, 0.3) is 5.91 Å². The van der Waals surface area contributed by atoms with Crippen LogP contribution in [0.2, 0.25) is 0 Å². The third kappa shape index (κ3) is 2.42. The first-order valence-corrected chi connectivity index (χ1v) is 6.67. The standard InChI is InChI=1S/C16H14N4O2/c1-10(2)16(22)17-13-8-5-9-14(15(13)21)20-18-11-6-3-4-7-12(11)19-20/h3-9,21H,1H2,2H3,(H,17,22). The topological polar surface area (TPSA) is 80.0 Å². The number of phenolic OH excluding ortho intramolecular Hbond substituents is 1. The van der Waals surface area contributed by atoms with Gasteiger partial charge in [-0.3, -0.25) is 4.79 Å². The maximum atomic E-state index is 11.7. The van der Waals surface area contributed by atoms with E-state index in [0.29, 0.717) is 11.3 Å². The van der Waals surface area contributed by atoms with E-state index in [1.807, 2.05) is 24.3 Å². The van der Waals surface area contributed by atoms with E-state index in [4.69, 9.17) is 0 Å². The highest BCUT2D eigenvalue weighted by molar-refractivity contribution is 6.03. The number of hydrogen-bond donors (Lipinski definition) is 2. The minimum Gasteiger partial charge on any atom is -0.504 e. The molecule has 110 valence electrons. The number of benzene rings is 2. The Kier molecular flexibility index (Phi) is 3.34. The number of carbonyl (C=O) groups is 1. The molecule has 3 aromatic rings. The SMILES string of the molecule is C=C(C)C(=O)Nc1cccc(-n2nc3ccccc3n2)c1O. The molecule has 0 saturated heterocycles. The summed E-state index contributed by atoms with van der Waals surface area (Å²) in [6, 6.07) is 12.4. The third-order valence-electron chi connectivity index (χ3n) is 3.15. The fourth-order valence-electron chi connectivity index (χ4n) is 1.99. The second kappa shape index (κ2) is 5.33. The van der Waals surface area contributed by atoms with Crippen LogP contribution < -0.4 is 5.32 Å². The molecule has 0 aliphatic carbocycles. The quantitative estimate of drug-likeness (QED) is 0.575. The Morgan fingerprint density at radius 2 is 1.77 bits per heavy atom. The van der Waals surface area contributed by atoms with Gasteiger partial charge in [0.1, 0.15) is 16.7 Å². The Bertz CT molecular complexity index is 850. The molecule has 0 radical (unpaired) electrons. The van der Waals surface area contributed by atoms with Crippen molar-refractivity contribution in [3.63, 3.8) is 0 Å². The first-order valence-electron chi connectivity index (χ1n) is 6.67. The largest absolute Gasteiger partial charge is 0.504 e. The minimum atomic E-state index is -0.356. The van der Waals surface area contributed by atoms with Crippen molar-refractivity contribution >= 4 is 22.6 Å². The van der Waals surface area contributed by atoms with E-state index in [-0.39, 0.29) is 17.3 Å². The lowest BCUT2D eigenvalue weighted by molar-refractivity contribution is -0.112. The highest BCUT2D eigenvalue weighted by atomic mass is 16.3. The van der Waals surface area contributed by atoms with Crippen LogP contribution in [0.1, 0.15) is 6.92 Å². The number of carbonyl (C=O) groups excluding carboxylic acids is 1. The van der Waals surface area contributed by atoms with Crippen LogP contribution in [0.5, 0.6) is 5.75 Å². The Balaban J connectivity index is 2.04. The van der Waals surface area contributed by atoms with Gasteiger partial charge in [0, 0.05) is 5.57 Å². The van der Waals surface area contributed by atoms with Gasteiger partial charge in [-0.25, -0.2) is 0 Å². The van der Waals surface area contributed by atoms with Crippen molar-refractivity contribution < 1.29 is 9.90 Å². The van der Waals surface area contributed by atoms with Crippen molar-refractivity contribution in [2.75, 3.05) is 5.32 Å². The molecule has 0 fully saturated rings. The van der Waals surface area contributed by atoms with E-state index in [1.54, 1.807) is 25.1 Å². The predicted molar refractivity (Wildman–Crippen MR) is 84.0 cm³/mol. The van der Waals surface area contributed by atoms with E-state index in [1.165, 1.54) is 4.80 Å². The van der Waals surface area contributed by atoms with Gasteiger partial charge < -0.3 is 10.4 Å². The van der Waals surface area contributed by atoms with Crippen molar-refractivity contribution in [3.05, 3.63) is 54.6 Å². The number of hydrogen-bond acceptors (Lipinski definition) is 4. The number of fused-ring (bicyclic) bond motifs is 1. The molecular formula is C16H14N4O2. The number of anilines is 1. The molecule has 2 aromatic carbocycles. The summed E-state index contributed by atoms with van der Waals surface area (Å²) in [6.07, 6.45) is 0. The van der Waals surface area contributed by atoms with Crippen molar-refractivity contribution in [2.45, 2.75) is 6.92 Å². The summed E-state index contributed by atoms with van der Waals surface area (Å²) >= 11 is 0. The molecule has 0 spiro atoms. The molecule has 3 rings (SSSR count). The fourth-order valence-corrected chi connectivity index (χ4v) is 1.99. The van der Waals surface area contributed by atoms with Gasteiger partial charge in [-0.1, -0.05) is 24.8 Å². The number of para-hydroxylation sites is 1. The van der Waals surface area contributed by atoms with Crippen LogP contribution in [0.15, 0.2) is 54.6 Å². The molecule has 0 aliphatic heterocycles. The van der Waals surface area contributed by atoms with E-state index >= 15 is 0 Å². The van der Waals surface area contributed by atoms with Crippen LogP contribution in [-0.4, -0.2) is 26.0 Å². The van der Waals surface area contributed by atoms with E-state index in [2.05, 4.69) is 22.1 Å². The minimum absolute atomic E-state index is 0.0996. The zero-order chi connectivity index (χ0) is 15.7. The summed E-state index contributed by atoms with van der Waals surface area (Å²) in [6.45, 7) is 5.16. The summed E-state index contributed by atoms with van der Waals surface area (Å²) in [7, 11) is 0. The highest BCUT2D eigenvalue weighted by Gasteiger charge is 2.13. The number of nitrogens with one attached hydrogen (secondary N) is 1. The Morgan fingerprint density at radius 1 is 1.14 bits per heavy atom. The predicted octanol–water partition coefficient (Wildman–Crippen LogP) is 2.64. The monoisotopic (exact) mass is 294 g/mol. The van der Waals surface area contributed by atoms with Gasteiger partial charge in [0.2, 0.25) is 0 Å². The molecule has 2 N–H and O–H groups in total. The molecular weight excluding hydrogens is 280 g/mol. The highest BCUT2D eigenvalue weighted by Crippen LogP contribution is 2.30.